The van der Waals surface area contributed by atoms with Gasteiger partial charge in [-0.15, -0.1) is 0 Å². The molecule has 318 valence electrons. The molecular formula is C47H54N8O6. The van der Waals surface area contributed by atoms with Crippen molar-refractivity contribution in [3.8, 4) is 33.6 Å². The Balaban J connectivity index is 0.911. The maximum absolute atomic E-state index is 14.0. The predicted molar refractivity (Wildman–Crippen MR) is 230 cm³/mol. The van der Waals surface area contributed by atoms with Gasteiger partial charge in [0.25, 0.3) is 0 Å². The van der Waals surface area contributed by atoms with E-state index in [1.54, 1.807) is 0 Å². The van der Waals surface area contributed by atoms with Gasteiger partial charge in [0, 0.05) is 23.2 Å². The maximum Gasteiger partial charge on any atom is 0.407 e. The third-order valence-electron chi connectivity index (χ3n) is 13.5. The summed E-state index contributed by atoms with van der Waals surface area (Å²) in [6.45, 7) is 9.88. The Morgan fingerprint density at radius 1 is 0.672 bits per heavy atom. The Morgan fingerprint density at radius 2 is 1.18 bits per heavy atom. The minimum absolute atomic E-state index is 0.102. The first-order chi connectivity index (χ1) is 29.3. The SMILES string of the molecule is COC(=O)N[C@H](C(=O)N1[C@@H]2[C@H](C)[C@@H]2C[C@H]1c1ncc(-c2ccc3cc(-c4cccc(-c5cnc([C@@H]6C[C@H]7C[C@H]7N6C(=O)[C@@H](NC(=O)OC)C(C)C)[nH]5)c4)ccc3c2)[nH]1)C(C)C. The van der Waals surface area contributed by atoms with Gasteiger partial charge in [0.1, 0.15) is 23.7 Å². The highest BCUT2D eigenvalue weighted by Crippen LogP contribution is 2.58. The molecule has 0 spiro atoms. The molecule has 4 amide bonds. The highest BCUT2D eigenvalue weighted by atomic mass is 16.5. The Morgan fingerprint density at radius 3 is 1.77 bits per heavy atom. The molecule has 4 fully saturated rings. The summed E-state index contributed by atoms with van der Waals surface area (Å²) in [5.74, 6) is 2.34. The van der Waals surface area contributed by atoms with E-state index in [2.05, 4.69) is 82.1 Å². The van der Waals surface area contributed by atoms with Gasteiger partial charge in [0.2, 0.25) is 11.8 Å². The second-order valence-corrected chi connectivity index (χ2v) is 18.0. The smallest absolute Gasteiger partial charge is 0.407 e. The topological polar surface area (TPSA) is 175 Å². The van der Waals surface area contributed by atoms with Crippen LogP contribution in [0.4, 0.5) is 9.59 Å². The number of imidazole rings is 2. The van der Waals surface area contributed by atoms with E-state index in [4.69, 9.17) is 19.4 Å². The largest absolute Gasteiger partial charge is 0.453 e. The third kappa shape index (κ3) is 7.39. The van der Waals surface area contributed by atoms with Crippen LogP contribution in [-0.2, 0) is 19.1 Å². The molecule has 61 heavy (non-hydrogen) atoms. The lowest BCUT2D eigenvalue weighted by Crippen LogP contribution is -2.52. The van der Waals surface area contributed by atoms with Crippen LogP contribution in [0.1, 0.15) is 77.6 Å². The molecule has 4 N–H and O–H groups in total. The summed E-state index contributed by atoms with van der Waals surface area (Å²) in [6.07, 6.45) is 5.09. The molecule has 14 heteroatoms. The number of amides is 4. The lowest BCUT2D eigenvalue weighted by molar-refractivity contribution is -0.137. The summed E-state index contributed by atoms with van der Waals surface area (Å²) in [6, 6.07) is 19.7. The molecule has 2 aliphatic heterocycles. The predicted octanol–water partition coefficient (Wildman–Crippen LogP) is 7.62. The number of hydrogen-bond acceptors (Lipinski definition) is 8. The van der Waals surface area contributed by atoms with Crippen LogP contribution in [0.2, 0.25) is 0 Å². The number of nitrogens with zero attached hydrogens (tertiary/aromatic N) is 4. The van der Waals surface area contributed by atoms with Gasteiger partial charge in [-0.3, -0.25) is 9.59 Å². The number of alkyl carbamates (subject to hydrolysis) is 2. The van der Waals surface area contributed by atoms with Crippen molar-refractivity contribution >= 4 is 34.8 Å². The number of carbonyl (C=O) groups excluding carboxylic acids is 4. The minimum Gasteiger partial charge on any atom is -0.453 e. The number of rotatable bonds is 11. The Hall–Kier alpha value is -6.18. The molecule has 2 saturated carbocycles. The van der Waals surface area contributed by atoms with Crippen LogP contribution in [0, 0.1) is 29.6 Å². The quantitative estimate of drug-likeness (QED) is 0.105. The molecule has 14 nitrogen and oxygen atoms in total. The van der Waals surface area contributed by atoms with Crippen molar-refractivity contribution < 1.29 is 28.7 Å². The number of likely N-dealkylation sites (tertiary alicyclic amines) is 2. The number of ether oxygens (including phenoxy) is 2. The minimum atomic E-state index is -0.693. The van der Waals surface area contributed by atoms with Gasteiger partial charge in [0.05, 0.1) is 50.1 Å². The van der Waals surface area contributed by atoms with E-state index in [1.165, 1.54) is 14.2 Å². The van der Waals surface area contributed by atoms with Gasteiger partial charge in [-0.05, 0) is 89.0 Å². The molecule has 2 saturated heterocycles. The first-order valence-corrected chi connectivity index (χ1v) is 21.4. The molecule has 2 aliphatic carbocycles. The molecule has 9 atom stereocenters. The standard InChI is InChI=1S/C47H54N8O6/c1-23(2)39(52-46(58)60-6)44(56)54-36-18-32(36)19-37(54)42-48-21-34(50-42)30-10-8-9-26(16-30)27-11-12-29-17-31(14-13-28(29)15-27)35-22-49-43(51-35)38-20-33-25(5)41(33)55(38)45(57)40(24(3)4)53-47(59)61-7/h8-17,21-25,32-33,36-41H,18-20H2,1-7H3,(H,48,50)(H,49,51)(H,52,58)(H,53,59)/t25-,32-,33+,36-,37+,38+,39+,40+,41-/m1/s1. The number of nitrogens with one attached hydrogen (secondary N) is 4. The van der Waals surface area contributed by atoms with Crippen molar-refractivity contribution in [2.24, 2.45) is 29.6 Å². The van der Waals surface area contributed by atoms with Gasteiger partial charge >= 0.3 is 12.2 Å². The fourth-order valence-corrected chi connectivity index (χ4v) is 9.96. The lowest BCUT2D eigenvalue weighted by Gasteiger charge is -2.32. The van der Waals surface area contributed by atoms with Crippen LogP contribution < -0.4 is 10.6 Å². The fourth-order valence-electron chi connectivity index (χ4n) is 9.96. The summed E-state index contributed by atoms with van der Waals surface area (Å²) < 4.78 is 9.65. The van der Waals surface area contributed by atoms with E-state index in [0.29, 0.717) is 17.8 Å². The van der Waals surface area contributed by atoms with Crippen LogP contribution in [0.5, 0.6) is 0 Å². The summed E-state index contributed by atoms with van der Waals surface area (Å²) in [5.41, 5.74) is 5.88. The number of H-pyrrole nitrogens is 2. The molecule has 0 unspecified atom stereocenters. The van der Waals surface area contributed by atoms with Crippen LogP contribution in [0.15, 0.2) is 73.1 Å². The zero-order chi connectivity index (χ0) is 42.9. The van der Waals surface area contributed by atoms with Crippen molar-refractivity contribution in [2.45, 2.75) is 90.1 Å². The second-order valence-electron chi connectivity index (χ2n) is 18.0. The van der Waals surface area contributed by atoms with Crippen LogP contribution >= 0.6 is 0 Å². The van der Waals surface area contributed by atoms with E-state index in [9.17, 15) is 19.2 Å². The van der Waals surface area contributed by atoms with Crippen molar-refractivity contribution in [1.82, 2.24) is 40.4 Å². The number of aromatic nitrogens is 4. The monoisotopic (exact) mass is 826 g/mol. The highest BCUT2D eigenvalue weighted by Gasteiger charge is 2.61. The molecule has 5 aromatic rings. The van der Waals surface area contributed by atoms with E-state index >= 15 is 0 Å². The Kier molecular flexibility index (Phi) is 10.4. The molecule has 4 aliphatic rings. The van der Waals surface area contributed by atoms with Crippen LogP contribution in [0.25, 0.3) is 44.4 Å². The van der Waals surface area contributed by atoms with Gasteiger partial charge in [0.15, 0.2) is 0 Å². The zero-order valence-electron chi connectivity index (χ0n) is 35.6. The Bertz CT molecular complexity index is 2510. The van der Waals surface area contributed by atoms with E-state index in [0.717, 1.165) is 75.3 Å². The fraction of sp³-hybridized carbons (Fsp3) is 0.447. The molecule has 3 aromatic carbocycles. The summed E-state index contributed by atoms with van der Waals surface area (Å²) >= 11 is 0. The number of fused-ring (bicyclic) bond motifs is 3. The van der Waals surface area contributed by atoms with Crippen LogP contribution in [-0.4, -0.2) is 92.1 Å². The number of aromatic amines is 2. The van der Waals surface area contributed by atoms with E-state index < -0.39 is 24.3 Å². The molecular weight excluding hydrogens is 773 g/mol. The van der Waals surface area contributed by atoms with Crippen molar-refractivity contribution in [1.29, 1.82) is 0 Å². The van der Waals surface area contributed by atoms with Crippen molar-refractivity contribution in [3.63, 3.8) is 0 Å². The van der Waals surface area contributed by atoms with Gasteiger partial charge < -0.3 is 39.9 Å². The van der Waals surface area contributed by atoms with E-state index in [-0.39, 0.29) is 47.8 Å². The van der Waals surface area contributed by atoms with Crippen molar-refractivity contribution in [3.05, 3.63) is 84.7 Å². The molecule has 2 aromatic heterocycles. The van der Waals surface area contributed by atoms with Gasteiger partial charge in [-0.2, -0.15) is 0 Å². The average Bonchev–Trinajstić information content (AvgIpc) is 3.73. The van der Waals surface area contributed by atoms with Gasteiger partial charge in [-0.1, -0.05) is 77.1 Å². The first kappa shape index (κ1) is 40.2. The molecule has 0 bridgehead atoms. The third-order valence-corrected chi connectivity index (χ3v) is 13.5. The molecule has 9 rings (SSSR count). The maximum atomic E-state index is 14.0. The lowest BCUT2D eigenvalue weighted by atomic mass is 9.98. The molecule has 4 heterocycles. The number of methoxy groups -OCH3 is 2. The zero-order valence-corrected chi connectivity index (χ0v) is 35.6. The Labute approximate surface area is 355 Å². The summed E-state index contributed by atoms with van der Waals surface area (Å²) in [5, 5.41) is 7.69. The number of hydrogen-bond donors (Lipinski definition) is 4. The van der Waals surface area contributed by atoms with Gasteiger partial charge in [-0.25, -0.2) is 19.6 Å². The summed E-state index contributed by atoms with van der Waals surface area (Å²) in [7, 11) is 2.61. The van der Waals surface area contributed by atoms with E-state index in [1.807, 2.05) is 56.0 Å². The second kappa shape index (κ2) is 15.7. The highest BCUT2D eigenvalue weighted by molar-refractivity contribution is 5.91. The number of carbonyl (C=O) groups is 4. The average molecular weight is 827 g/mol. The summed E-state index contributed by atoms with van der Waals surface area (Å²) in [4.78, 5) is 72.7. The normalized spacial score (nSPS) is 24.6. The first-order valence-electron chi connectivity index (χ1n) is 21.4. The van der Waals surface area contributed by atoms with Crippen molar-refractivity contribution in [2.75, 3.05) is 14.2 Å². The molecule has 0 radical (unpaired) electrons. The number of piperidine rings is 2. The van der Waals surface area contributed by atoms with Crippen LogP contribution in [0.3, 0.4) is 0 Å². The number of benzene rings is 3.